The standard InChI is InChI=1S/C10H11NO6/c11-9(15)8(14)7(13)5-2-1-4(10(16)17)3-6(5)12/h1-3,7-8,12-14H,(H2,11,15)(H,16,17). The van der Waals surface area contributed by atoms with Crippen molar-refractivity contribution in [1.82, 2.24) is 0 Å². The molecule has 0 spiro atoms. The van der Waals surface area contributed by atoms with Crippen molar-refractivity contribution < 1.29 is 30.0 Å². The number of aromatic hydroxyl groups is 1. The highest BCUT2D eigenvalue weighted by atomic mass is 16.4. The van der Waals surface area contributed by atoms with E-state index in [2.05, 4.69) is 0 Å². The number of aromatic carboxylic acids is 1. The number of aliphatic hydroxyl groups excluding tert-OH is 2. The van der Waals surface area contributed by atoms with Gasteiger partial charge in [0.2, 0.25) is 5.91 Å². The van der Waals surface area contributed by atoms with Crippen LogP contribution in [0.4, 0.5) is 0 Å². The lowest BCUT2D eigenvalue weighted by molar-refractivity contribution is -0.132. The average Bonchev–Trinajstić information content (AvgIpc) is 2.26. The number of aliphatic hydroxyl groups is 2. The Hall–Kier alpha value is -2.12. The third-order valence-corrected chi connectivity index (χ3v) is 2.19. The number of amides is 1. The van der Waals surface area contributed by atoms with Crippen molar-refractivity contribution in [2.24, 2.45) is 5.73 Å². The number of carbonyl (C=O) groups excluding carboxylic acids is 1. The van der Waals surface area contributed by atoms with Crippen LogP contribution in [0.5, 0.6) is 5.75 Å². The number of carboxylic acid groups (broad SMARTS) is 1. The van der Waals surface area contributed by atoms with Crippen LogP contribution in [0.3, 0.4) is 0 Å². The number of hydrogen-bond donors (Lipinski definition) is 5. The lowest BCUT2D eigenvalue weighted by Crippen LogP contribution is -2.33. The smallest absolute Gasteiger partial charge is 0.335 e. The summed E-state index contributed by atoms with van der Waals surface area (Å²) in [5.74, 6) is -2.95. The number of phenolic OH excluding ortho intramolecular Hbond substituents is 1. The van der Waals surface area contributed by atoms with Gasteiger partial charge in [0.25, 0.3) is 0 Å². The first-order valence-electron chi connectivity index (χ1n) is 4.56. The Morgan fingerprint density at radius 2 is 1.82 bits per heavy atom. The minimum atomic E-state index is -1.88. The highest BCUT2D eigenvalue weighted by molar-refractivity contribution is 5.88. The maximum atomic E-state index is 10.6. The number of carboxylic acids is 1. The number of carbonyl (C=O) groups is 2. The maximum absolute atomic E-state index is 10.6. The molecule has 6 N–H and O–H groups in total. The third kappa shape index (κ3) is 2.71. The summed E-state index contributed by atoms with van der Waals surface area (Å²) in [6.45, 7) is 0. The van der Waals surface area contributed by atoms with E-state index in [1.807, 2.05) is 0 Å². The van der Waals surface area contributed by atoms with Crippen molar-refractivity contribution in [1.29, 1.82) is 0 Å². The van der Waals surface area contributed by atoms with Gasteiger partial charge in [0, 0.05) is 5.56 Å². The lowest BCUT2D eigenvalue weighted by Gasteiger charge is -2.16. The Morgan fingerprint density at radius 1 is 1.24 bits per heavy atom. The number of phenols is 1. The molecule has 0 aliphatic carbocycles. The molecule has 2 unspecified atom stereocenters. The molecule has 2 atom stereocenters. The Morgan fingerprint density at radius 3 is 2.24 bits per heavy atom. The molecule has 0 heterocycles. The van der Waals surface area contributed by atoms with Gasteiger partial charge < -0.3 is 26.2 Å². The molecule has 1 aromatic carbocycles. The largest absolute Gasteiger partial charge is 0.508 e. The van der Waals surface area contributed by atoms with E-state index >= 15 is 0 Å². The zero-order valence-corrected chi connectivity index (χ0v) is 8.57. The second-order valence-corrected chi connectivity index (χ2v) is 3.37. The Kier molecular flexibility index (Phi) is 3.66. The van der Waals surface area contributed by atoms with Crippen molar-refractivity contribution in [3.05, 3.63) is 29.3 Å². The predicted molar refractivity (Wildman–Crippen MR) is 55.2 cm³/mol. The van der Waals surface area contributed by atoms with Crippen LogP contribution in [0.2, 0.25) is 0 Å². The molecule has 0 aromatic heterocycles. The van der Waals surface area contributed by atoms with E-state index in [1.165, 1.54) is 0 Å². The molecule has 7 heteroatoms. The van der Waals surface area contributed by atoms with Gasteiger partial charge >= 0.3 is 5.97 Å². The van der Waals surface area contributed by atoms with Gasteiger partial charge in [0.05, 0.1) is 5.56 Å². The molecule has 7 nitrogen and oxygen atoms in total. The van der Waals surface area contributed by atoms with Crippen molar-refractivity contribution in [2.45, 2.75) is 12.2 Å². The molecule has 1 amide bonds. The lowest BCUT2D eigenvalue weighted by atomic mass is 10.0. The van der Waals surface area contributed by atoms with Crippen LogP contribution < -0.4 is 5.73 Å². The fraction of sp³-hybridized carbons (Fsp3) is 0.200. The van der Waals surface area contributed by atoms with E-state index in [4.69, 9.17) is 10.8 Å². The normalized spacial score (nSPS) is 14.0. The Labute approximate surface area is 95.7 Å². The quantitative estimate of drug-likeness (QED) is 0.456. The summed E-state index contributed by atoms with van der Waals surface area (Å²) in [6, 6.07) is 3.11. The molecule has 1 rings (SSSR count). The summed E-state index contributed by atoms with van der Waals surface area (Å²) in [5.41, 5.74) is 4.41. The highest BCUT2D eigenvalue weighted by Crippen LogP contribution is 2.27. The summed E-state index contributed by atoms with van der Waals surface area (Å²) in [7, 11) is 0. The minimum absolute atomic E-state index is 0.179. The van der Waals surface area contributed by atoms with E-state index in [0.717, 1.165) is 18.2 Å². The van der Waals surface area contributed by atoms with Gasteiger partial charge in [-0.05, 0) is 12.1 Å². The second kappa shape index (κ2) is 4.81. The minimum Gasteiger partial charge on any atom is -0.508 e. The molecule has 0 aliphatic rings. The van der Waals surface area contributed by atoms with Gasteiger partial charge in [-0.15, -0.1) is 0 Å². The number of hydrogen-bond acceptors (Lipinski definition) is 5. The molecule has 92 valence electrons. The molecule has 0 aliphatic heterocycles. The van der Waals surface area contributed by atoms with Crippen LogP contribution in [-0.4, -0.2) is 38.4 Å². The Balaban J connectivity index is 3.08. The fourth-order valence-electron chi connectivity index (χ4n) is 1.25. The van der Waals surface area contributed by atoms with E-state index in [-0.39, 0.29) is 11.1 Å². The van der Waals surface area contributed by atoms with Gasteiger partial charge in [-0.1, -0.05) is 6.07 Å². The van der Waals surface area contributed by atoms with Gasteiger partial charge in [-0.3, -0.25) is 4.79 Å². The van der Waals surface area contributed by atoms with Crippen molar-refractivity contribution in [2.75, 3.05) is 0 Å². The van der Waals surface area contributed by atoms with E-state index in [1.54, 1.807) is 0 Å². The maximum Gasteiger partial charge on any atom is 0.335 e. The highest BCUT2D eigenvalue weighted by Gasteiger charge is 2.26. The second-order valence-electron chi connectivity index (χ2n) is 3.37. The predicted octanol–water partition coefficient (Wildman–Crippen LogP) is -1.03. The zero-order chi connectivity index (χ0) is 13.2. The van der Waals surface area contributed by atoms with Gasteiger partial charge in [-0.25, -0.2) is 4.79 Å². The third-order valence-electron chi connectivity index (χ3n) is 2.19. The summed E-state index contributed by atoms with van der Waals surface area (Å²) >= 11 is 0. The molecule has 0 radical (unpaired) electrons. The average molecular weight is 241 g/mol. The van der Waals surface area contributed by atoms with E-state index in [9.17, 15) is 24.9 Å². The first kappa shape index (κ1) is 12.9. The van der Waals surface area contributed by atoms with Crippen LogP contribution in [0, 0.1) is 0 Å². The number of nitrogens with two attached hydrogens (primary N) is 1. The van der Waals surface area contributed by atoms with Crippen molar-refractivity contribution in [3.8, 4) is 5.75 Å². The monoisotopic (exact) mass is 241 g/mol. The summed E-state index contributed by atoms with van der Waals surface area (Å²) in [4.78, 5) is 21.2. The molecule has 0 bridgehead atoms. The first-order valence-corrected chi connectivity index (χ1v) is 4.56. The summed E-state index contributed by atoms with van der Waals surface area (Å²) in [6.07, 6.45) is -3.59. The van der Waals surface area contributed by atoms with Crippen LogP contribution in [-0.2, 0) is 4.79 Å². The molecule has 0 fully saturated rings. The van der Waals surface area contributed by atoms with Gasteiger partial charge in [-0.2, -0.15) is 0 Å². The van der Waals surface area contributed by atoms with Gasteiger partial charge in [0.15, 0.2) is 6.10 Å². The summed E-state index contributed by atoms with van der Waals surface area (Å²) < 4.78 is 0. The topological polar surface area (TPSA) is 141 Å². The van der Waals surface area contributed by atoms with Gasteiger partial charge in [0.1, 0.15) is 11.9 Å². The summed E-state index contributed by atoms with van der Waals surface area (Å²) in [5, 5.41) is 36.8. The molecular weight excluding hydrogens is 230 g/mol. The first-order chi connectivity index (χ1) is 7.84. The van der Waals surface area contributed by atoms with E-state index in [0.29, 0.717) is 0 Å². The number of rotatable bonds is 4. The number of benzene rings is 1. The molecule has 0 saturated heterocycles. The zero-order valence-electron chi connectivity index (χ0n) is 8.57. The van der Waals surface area contributed by atoms with Crippen molar-refractivity contribution in [3.63, 3.8) is 0 Å². The Bertz CT molecular complexity index is 458. The molecule has 1 aromatic rings. The molecular formula is C10H11NO6. The SMILES string of the molecule is NC(=O)C(O)C(O)c1ccc(C(=O)O)cc1O. The number of primary amides is 1. The van der Waals surface area contributed by atoms with E-state index < -0.39 is 29.8 Å². The van der Waals surface area contributed by atoms with Crippen molar-refractivity contribution >= 4 is 11.9 Å². The van der Waals surface area contributed by atoms with Crippen LogP contribution in [0.1, 0.15) is 22.0 Å². The van der Waals surface area contributed by atoms with Crippen LogP contribution in [0.25, 0.3) is 0 Å². The molecule has 17 heavy (non-hydrogen) atoms. The molecule has 0 saturated carbocycles. The van der Waals surface area contributed by atoms with Crippen LogP contribution >= 0.6 is 0 Å². The fourth-order valence-corrected chi connectivity index (χ4v) is 1.25. The van der Waals surface area contributed by atoms with Crippen LogP contribution in [0.15, 0.2) is 18.2 Å².